The number of nitrogens with one attached hydrogen (secondary N) is 1. The Hall–Kier alpha value is -1.35. The van der Waals surface area contributed by atoms with Gasteiger partial charge in [0.15, 0.2) is 0 Å². The van der Waals surface area contributed by atoms with E-state index in [1.165, 1.54) is 5.56 Å². The molecule has 0 aliphatic carbocycles. The van der Waals surface area contributed by atoms with Crippen molar-refractivity contribution in [2.45, 2.75) is 59.9 Å². The molecular formula is C19H30N2O. The highest BCUT2D eigenvalue weighted by atomic mass is 16.2. The van der Waals surface area contributed by atoms with Gasteiger partial charge in [-0.1, -0.05) is 31.5 Å². The number of amides is 1. The third-order valence-corrected chi connectivity index (χ3v) is 4.59. The van der Waals surface area contributed by atoms with Crippen LogP contribution in [0.25, 0.3) is 0 Å². The molecule has 1 amide bonds. The van der Waals surface area contributed by atoms with Crippen LogP contribution >= 0.6 is 0 Å². The SMILES string of the molecule is Cc1cc(C)c(NC(=O)[C@@H]2CCCN2CCC(C)C)c(C)c1. The van der Waals surface area contributed by atoms with E-state index in [0.29, 0.717) is 5.92 Å². The molecule has 3 heteroatoms. The van der Waals surface area contributed by atoms with Crippen LogP contribution in [-0.4, -0.2) is 29.9 Å². The molecule has 0 unspecified atom stereocenters. The van der Waals surface area contributed by atoms with E-state index in [2.05, 4.69) is 57.0 Å². The summed E-state index contributed by atoms with van der Waals surface area (Å²) in [7, 11) is 0. The molecule has 3 nitrogen and oxygen atoms in total. The predicted molar refractivity (Wildman–Crippen MR) is 93.3 cm³/mol. The zero-order valence-corrected chi connectivity index (χ0v) is 14.7. The number of aryl methyl sites for hydroxylation is 3. The van der Waals surface area contributed by atoms with Gasteiger partial charge >= 0.3 is 0 Å². The molecule has 0 saturated carbocycles. The van der Waals surface area contributed by atoms with E-state index in [1.807, 2.05) is 0 Å². The summed E-state index contributed by atoms with van der Waals surface area (Å²) in [4.78, 5) is 15.1. The van der Waals surface area contributed by atoms with Crippen molar-refractivity contribution >= 4 is 11.6 Å². The minimum Gasteiger partial charge on any atom is -0.324 e. The molecule has 1 N–H and O–H groups in total. The first-order chi connectivity index (χ1) is 10.4. The topological polar surface area (TPSA) is 32.3 Å². The maximum atomic E-state index is 12.7. The van der Waals surface area contributed by atoms with E-state index in [4.69, 9.17) is 0 Å². The van der Waals surface area contributed by atoms with E-state index >= 15 is 0 Å². The van der Waals surface area contributed by atoms with E-state index in [1.54, 1.807) is 0 Å². The van der Waals surface area contributed by atoms with Crippen LogP contribution in [0.5, 0.6) is 0 Å². The minimum absolute atomic E-state index is 0.0406. The molecule has 1 aliphatic rings. The molecule has 1 saturated heterocycles. The summed E-state index contributed by atoms with van der Waals surface area (Å²) >= 11 is 0. The summed E-state index contributed by atoms with van der Waals surface area (Å²) in [6.45, 7) is 12.8. The molecule has 1 fully saturated rings. The number of anilines is 1. The summed E-state index contributed by atoms with van der Waals surface area (Å²) in [5.41, 5.74) is 4.54. The Bertz CT molecular complexity index is 513. The molecular weight excluding hydrogens is 272 g/mol. The van der Waals surface area contributed by atoms with Crippen LogP contribution in [0.15, 0.2) is 12.1 Å². The molecule has 1 heterocycles. The number of nitrogens with zero attached hydrogens (tertiary/aromatic N) is 1. The fourth-order valence-corrected chi connectivity index (χ4v) is 3.40. The fourth-order valence-electron chi connectivity index (χ4n) is 3.40. The largest absolute Gasteiger partial charge is 0.324 e. The summed E-state index contributed by atoms with van der Waals surface area (Å²) in [6.07, 6.45) is 3.27. The lowest BCUT2D eigenvalue weighted by atomic mass is 10.0. The van der Waals surface area contributed by atoms with Crippen LogP contribution in [0, 0.1) is 26.7 Å². The number of hydrogen-bond acceptors (Lipinski definition) is 2. The lowest BCUT2D eigenvalue weighted by Gasteiger charge is -2.25. The number of rotatable bonds is 5. The van der Waals surface area contributed by atoms with E-state index < -0.39 is 0 Å². The van der Waals surface area contributed by atoms with Gasteiger partial charge in [0.1, 0.15) is 0 Å². The Kier molecular flexibility index (Phi) is 5.63. The molecule has 1 aliphatic heterocycles. The molecule has 22 heavy (non-hydrogen) atoms. The number of hydrogen-bond donors (Lipinski definition) is 1. The fraction of sp³-hybridized carbons (Fsp3) is 0.632. The third kappa shape index (κ3) is 4.10. The first kappa shape index (κ1) is 17.0. The van der Waals surface area contributed by atoms with Crippen LogP contribution in [0.2, 0.25) is 0 Å². The second-order valence-electron chi connectivity index (χ2n) is 7.14. The Labute approximate surface area is 135 Å². The number of carbonyl (C=O) groups is 1. The summed E-state index contributed by atoms with van der Waals surface area (Å²) in [6, 6.07) is 4.31. The van der Waals surface area contributed by atoms with Crippen molar-refractivity contribution < 1.29 is 4.79 Å². The lowest BCUT2D eigenvalue weighted by molar-refractivity contribution is -0.120. The number of likely N-dealkylation sites (tertiary alicyclic amines) is 1. The normalized spacial score (nSPS) is 18.9. The number of benzene rings is 1. The minimum atomic E-state index is 0.0406. The maximum absolute atomic E-state index is 12.7. The highest BCUT2D eigenvalue weighted by Gasteiger charge is 2.30. The van der Waals surface area contributed by atoms with Gasteiger partial charge < -0.3 is 5.32 Å². The monoisotopic (exact) mass is 302 g/mol. The lowest BCUT2D eigenvalue weighted by Crippen LogP contribution is -2.40. The van der Waals surface area contributed by atoms with Crippen LogP contribution in [0.4, 0.5) is 5.69 Å². The molecule has 0 bridgehead atoms. The Morgan fingerprint density at radius 1 is 1.27 bits per heavy atom. The molecule has 1 aromatic carbocycles. The summed E-state index contributed by atoms with van der Waals surface area (Å²) < 4.78 is 0. The van der Waals surface area contributed by atoms with Gasteiger partial charge in [-0.2, -0.15) is 0 Å². The molecule has 122 valence electrons. The van der Waals surface area contributed by atoms with Gasteiger partial charge in [0.25, 0.3) is 0 Å². The summed E-state index contributed by atoms with van der Waals surface area (Å²) in [5.74, 6) is 0.849. The Morgan fingerprint density at radius 2 is 1.91 bits per heavy atom. The summed E-state index contributed by atoms with van der Waals surface area (Å²) in [5, 5.41) is 3.18. The van der Waals surface area contributed by atoms with Crippen LogP contribution < -0.4 is 5.32 Å². The van der Waals surface area contributed by atoms with Crippen molar-refractivity contribution in [1.29, 1.82) is 0 Å². The van der Waals surface area contributed by atoms with Crippen molar-refractivity contribution in [3.05, 3.63) is 28.8 Å². The van der Waals surface area contributed by atoms with Crippen molar-refractivity contribution in [3.63, 3.8) is 0 Å². The van der Waals surface area contributed by atoms with E-state index in [9.17, 15) is 4.79 Å². The average molecular weight is 302 g/mol. The van der Waals surface area contributed by atoms with E-state index in [-0.39, 0.29) is 11.9 Å². The molecule has 0 radical (unpaired) electrons. The molecule has 0 aromatic heterocycles. The highest BCUT2D eigenvalue weighted by molar-refractivity contribution is 5.96. The number of carbonyl (C=O) groups excluding carboxylic acids is 1. The first-order valence-corrected chi connectivity index (χ1v) is 8.51. The smallest absolute Gasteiger partial charge is 0.241 e. The maximum Gasteiger partial charge on any atom is 0.241 e. The van der Waals surface area contributed by atoms with Crippen LogP contribution in [0.1, 0.15) is 49.8 Å². The van der Waals surface area contributed by atoms with Gasteiger partial charge in [-0.15, -0.1) is 0 Å². The molecule has 0 spiro atoms. The predicted octanol–water partition coefficient (Wildman–Crippen LogP) is 4.06. The van der Waals surface area contributed by atoms with Gasteiger partial charge in [-0.05, 0) is 70.2 Å². The van der Waals surface area contributed by atoms with Crippen molar-refractivity contribution in [2.75, 3.05) is 18.4 Å². The van der Waals surface area contributed by atoms with E-state index in [0.717, 1.165) is 49.2 Å². The first-order valence-electron chi connectivity index (χ1n) is 8.51. The quantitative estimate of drug-likeness (QED) is 0.889. The van der Waals surface area contributed by atoms with Crippen molar-refractivity contribution in [3.8, 4) is 0 Å². The zero-order valence-electron chi connectivity index (χ0n) is 14.7. The second-order valence-corrected chi connectivity index (χ2v) is 7.14. The average Bonchev–Trinajstić information content (AvgIpc) is 2.88. The standard InChI is InChI=1S/C19H30N2O/c1-13(2)8-10-21-9-6-7-17(21)19(22)20-18-15(4)11-14(3)12-16(18)5/h11-13,17H,6-10H2,1-5H3,(H,20,22)/t17-/m0/s1. The third-order valence-electron chi connectivity index (χ3n) is 4.59. The van der Waals surface area contributed by atoms with Gasteiger partial charge in [0.05, 0.1) is 6.04 Å². The molecule has 1 atom stereocenters. The second kappa shape index (κ2) is 7.28. The van der Waals surface area contributed by atoms with Gasteiger partial charge in [0.2, 0.25) is 5.91 Å². The zero-order chi connectivity index (χ0) is 16.3. The van der Waals surface area contributed by atoms with Crippen LogP contribution in [-0.2, 0) is 4.79 Å². The van der Waals surface area contributed by atoms with Crippen LogP contribution in [0.3, 0.4) is 0 Å². The van der Waals surface area contributed by atoms with Gasteiger partial charge in [-0.3, -0.25) is 9.69 Å². The Balaban J connectivity index is 2.05. The Morgan fingerprint density at radius 3 is 2.50 bits per heavy atom. The molecule has 1 aromatic rings. The van der Waals surface area contributed by atoms with Crippen molar-refractivity contribution in [2.24, 2.45) is 5.92 Å². The molecule has 2 rings (SSSR count). The van der Waals surface area contributed by atoms with Crippen molar-refractivity contribution in [1.82, 2.24) is 4.90 Å². The highest BCUT2D eigenvalue weighted by Crippen LogP contribution is 2.25. The van der Waals surface area contributed by atoms with Gasteiger partial charge in [0, 0.05) is 5.69 Å². The van der Waals surface area contributed by atoms with Gasteiger partial charge in [-0.25, -0.2) is 0 Å².